The molecule has 1 atom stereocenters. The number of nitrogens with two attached hydrogens (primary N) is 1. The molecule has 98 valence electrons. The number of nitrogens with one attached hydrogen (secondary N) is 1. The summed E-state index contributed by atoms with van der Waals surface area (Å²) in [5.41, 5.74) is 5.49. The van der Waals surface area contributed by atoms with Crippen LogP contribution in [0.15, 0.2) is 0 Å². The van der Waals surface area contributed by atoms with Crippen molar-refractivity contribution in [3.05, 3.63) is 0 Å². The van der Waals surface area contributed by atoms with Crippen LogP contribution in [-0.2, 0) is 9.59 Å². The first kappa shape index (κ1) is 14.0. The van der Waals surface area contributed by atoms with Crippen molar-refractivity contribution < 1.29 is 9.59 Å². The summed E-state index contributed by atoms with van der Waals surface area (Å²) in [6.07, 6.45) is 1.92. The van der Waals surface area contributed by atoms with Gasteiger partial charge in [0.05, 0.1) is 0 Å². The molecule has 1 unspecified atom stereocenters. The second-order valence-electron chi connectivity index (χ2n) is 4.84. The van der Waals surface area contributed by atoms with Gasteiger partial charge in [0.15, 0.2) is 0 Å². The maximum atomic E-state index is 11.9. The highest BCUT2D eigenvalue weighted by molar-refractivity contribution is 5.78. The minimum absolute atomic E-state index is 0.0141. The van der Waals surface area contributed by atoms with Crippen LogP contribution in [0.4, 0.5) is 0 Å². The van der Waals surface area contributed by atoms with Crippen LogP contribution in [0.3, 0.4) is 0 Å². The van der Waals surface area contributed by atoms with Gasteiger partial charge in [-0.1, -0.05) is 6.92 Å². The molecule has 0 aromatic carbocycles. The zero-order valence-corrected chi connectivity index (χ0v) is 10.7. The van der Waals surface area contributed by atoms with Gasteiger partial charge in [0.1, 0.15) is 0 Å². The molecule has 2 amide bonds. The van der Waals surface area contributed by atoms with Crippen molar-refractivity contribution in [1.82, 2.24) is 10.2 Å². The number of piperidine rings is 1. The predicted octanol–water partition coefficient (Wildman–Crippen LogP) is -0.0441. The normalized spacial score (nSPS) is 18.9. The smallest absolute Gasteiger partial charge is 0.226 e. The Morgan fingerprint density at radius 1 is 1.41 bits per heavy atom. The first-order chi connectivity index (χ1) is 8.04. The lowest BCUT2D eigenvalue weighted by Gasteiger charge is -2.33. The molecule has 1 aliphatic rings. The Balaban J connectivity index is 2.30. The van der Waals surface area contributed by atoms with Crippen molar-refractivity contribution in [2.75, 3.05) is 26.2 Å². The van der Waals surface area contributed by atoms with Gasteiger partial charge in [-0.15, -0.1) is 0 Å². The van der Waals surface area contributed by atoms with Crippen molar-refractivity contribution >= 4 is 11.8 Å². The third-order valence-corrected chi connectivity index (χ3v) is 3.34. The van der Waals surface area contributed by atoms with Gasteiger partial charge in [-0.2, -0.15) is 0 Å². The van der Waals surface area contributed by atoms with Crippen molar-refractivity contribution in [2.24, 2.45) is 17.6 Å². The lowest BCUT2D eigenvalue weighted by Crippen LogP contribution is -2.44. The second kappa shape index (κ2) is 6.59. The fourth-order valence-corrected chi connectivity index (χ4v) is 2.06. The van der Waals surface area contributed by atoms with Gasteiger partial charge in [0, 0.05) is 39.0 Å². The highest BCUT2D eigenvalue weighted by Crippen LogP contribution is 2.17. The van der Waals surface area contributed by atoms with E-state index in [1.165, 1.54) is 6.92 Å². The minimum Gasteiger partial charge on any atom is -0.356 e. The van der Waals surface area contributed by atoms with E-state index in [2.05, 4.69) is 5.32 Å². The first-order valence-corrected chi connectivity index (χ1v) is 6.28. The van der Waals surface area contributed by atoms with Crippen molar-refractivity contribution in [3.63, 3.8) is 0 Å². The Hall–Kier alpha value is -1.10. The van der Waals surface area contributed by atoms with E-state index in [-0.39, 0.29) is 17.7 Å². The Bertz CT molecular complexity index is 273. The topological polar surface area (TPSA) is 75.4 Å². The summed E-state index contributed by atoms with van der Waals surface area (Å²) < 4.78 is 0. The summed E-state index contributed by atoms with van der Waals surface area (Å²) in [6, 6.07) is 0. The SMILES string of the molecule is CC(=O)NCC1CCN(C(=O)C(C)CN)CC1. The molecule has 0 aromatic heterocycles. The molecule has 1 aliphatic heterocycles. The van der Waals surface area contributed by atoms with Crippen LogP contribution in [-0.4, -0.2) is 42.9 Å². The third kappa shape index (κ3) is 4.34. The molecule has 0 spiro atoms. The number of amides is 2. The third-order valence-electron chi connectivity index (χ3n) is 3.34. The molecule has 1 rings (SSSR count). The first-order valence-electron chi connectivity index (χ1n) is 6.28. The van der Waals surface area contributed by atoms with E-state index >= 15 is 0 Å². The number of nitrogens with zero attached hydrogens (tertiary/aromatic N) is 1. The lowest BCUT2D eigenvalue weighted by atomic mass is 9.96. The number of hydrogen-bond acceptors (Lipinski definition) is 3. The average molecular weight is 241 g/mol. The fraction of sp³-hybridized carbons (Fsp3) is 0.833. The maximum absolute atomic E-state index is 11.9. The molecule has 0 radical (unpaired) electrons. The molecule has 1 heterocycles. The molecule has 0 bridgehead atoms. The second-order valence-corrected chi connectivity index (χ2v) is 4.84. The van der Waals surface area contributed by atoms with E-state index in [4.69, 9.17) is 5.73 Å². The maximum Gasteiger partial charge on any atom is 0.226 e. The summed E-state index contributed by atoms with van der Waals surface area (Å²) >= 11 is 0. The number of carbonyl (C=O) groups is 2. The predicted molar refractivity (Wildman–Crippen MR) is 66.2 cm³/mol. The number of carbonyl (C=O) groups excluding carboxylic acids is 2. The quantitative estimate of drug-likeness (QED) is 0.725. The molecule has 5 nitrogen and oxygen atoms in total. The zero-order chi connectivity index (χ0) is 12.8. The van der Waals surface area contributed by atoms with E-state index in [1.807, 2.05) is 11.8 Å². The summed E-state index contributed by atoms with van der Waals surface area (Å²) in [6.45, 7) is 6.10. The van der Waals surface area contributed by atoms with Crippen molar-refractivity contribution in [3.8, 4) is 0 Å². The van der Waals surface area contributed by atoms with Gasteiger partial charge in [0.2, 0.25) is 11.8 Å². The molecular weight excluding hydrogens is 218 g/mol. The van der Waals surface area contributed by atoms with Gasteiger partial charge < -0.3 is 16.0 Å². The highest BCUT2D eigenvalue weighted by Gasteiger charge is 2.25. The van der Waals surface area contributed by atoms with Crippen LogP contribution >= 0.6 is 0 Å². The standard InChI is InChI=1S/C12H23N3O2/c1-9(7-13)12(17)15-5-3-11(4-6-15)8-14-10(2)16/h9,11H,3-8,13H2,1-2H3,(H,14,16). The Morgan fingerprint density at radius 3 is 2.47 bits per heavy atom. The van der Waals surface area contributed by atoms with E-state index in [0.717, 1.165) is 32.5 Å². The van der Waals surface area contributed by atoms with Gasteiger partial charge >= 0.3 is 0 Å². The summed E-state index contributed by atoms with van der Waals surface area (Å²) in [7, 11) is 0. The molecular formula is C12H23N3O2. The summed E-state index contributed by atoms with van der Waals surface area (Å²) in [5.74, 6) is 0.587. The number of rotatable bonds is 4. The fourth-order valence-electron chi connectivity index (χ4n) is 2.06. The van der Waals surface area contributed by atoms with Gasteiger partial charge in [-0.25, -0.2) is 0 Å². The molecule has 0 saturated carbocycles. The van der Waals surface area contributed by atoms with Gasteiger partial charge in [-0.3, -0.25) is 9.59 Å². The monoisotopic (exact) mass is 241 g/mol. The number of hydrogen-bond donors (Lipinski definition) is 2. The summed E-state index contributed by atoms with van der Waals surface area (Å²) in [4.78, 5) is 24.6. The van der Waals surface area contributed by atoms with E-state index in [1.54, 1.807) is 0 Å². The van der Waals surface area contributed by atoms with Crippen LogP contribution in [0, 0.1) is 11.8 Å². The van der Waals surface area contributed by atoms with Crippen LogP contribution in [0.2, 0.25) is 0 Å². The Labute approximate surface area is 103 Å². The average Bonchev–Trinajstić information content (AvgIpc) is 2.35. The van der Waals surface area contributed by atoms with Crippen molar-refractivity contribution in [2.45, 2.75) is 26.7 Å². The van der Waals surface area contributed by atoms with Crippen LogP contribution < -0.4 is 11.1 Å². The van der Waals surface area contributed by atoms with Crippen LogP contribution in [0.25, 0.3) is 0 Å². The van der Waals surface area contributed by atoms with Crippen LogP contribution in [0.1, 0.15) is 26.7 Å². The largest absolute Gasteiger partial charge is 0.356 e. The van der Waals surface area contributed by atoms with Crippen LogP contribution in [0.5, 0.6) is 0 Å². The zero-order valence-electron chi connectivity index (χ0n) is 10.7. The molecule has 5 heteroatoms. The van der Waals surface area contributed by atoms with E-state index in [0.29, 0.717) is 12.5 Å². The minimum atomic E-state index is -0.0816. The molecule has 3 N–H and O–H groups in total. The van der Waals surface area contributed by atoms with Gasteiger partial charge in [-0.05, 0) is 18.8 Å². The lowest BCUT2D eigenvalue weighted by molar-refractivity contribution is -0.136. The van der Waals surface area contributed by atoms with E-state index in [9.17, 15) is 9.59 Å². The molecule has 17 heavy (non-hydrogen) atoms. The molecule has 1 saturated heterocycles. The molecule has 0 aromatic rings. The van der Waals surface area contributed by atoms with Gasteiger partial charge in [0.25, 0.3) is 0 Å². The highest BCUT2D eigenvalue weighted by atomic mass is 16.2. The molecule has 1 fully saturated rings. The Morgan fingerprint density at radius 2 is 2.00 bits per heavy atom. The Kier molecular flexibility index (Phi) is 5.41. The number of likely N-dealkylation sites (tertiary alicyclic amines) is 1. The van der Waals surface area contributed by atoms with Crippen molar-refractivity contribution in [1.29, 1.82) is 0 Å². The summed E-state index contributed by atoms with van der Waals surface area (Å²) in [5, 5.41) is 2.83. The molecule has 0 aliphatic carbocycles. The van der Waals surface area contributed by atoms with E-state index < -0.39 is 0 Å².